The molecule has 4 aliphatic carbocycles. The summed E-state index contributed by atoms with van der Waals surface area (Å²) in [4.78, 5) is 23.9. The van der Waals surface area contributed by atoms with Gasteiger partial charge in [0.25, 0.3) is 0 Å². The Morgan fingerprint density at radius 2 is 1.87 bits per heavy atom. The number of esters is 1. The Morgan fingerprint density at radius 3 is 2.55 bits per heavy atom. The van der Waals surface area contributed by atoms with Gasteiger partial charge in [-0.05, 0) is 74.5 Å². The zero-order chi connectivity index (χ0) is 22.8. The molecule has 0 aromatic heterocycles. The summed E-state index contributed by atoms with van der Waals surface area (Å²) in [5.41, 5.74) is 15.0. The fourth-order valence-corrected chi connectivity index (χ4v) is 8.36. The van der Waals surface area contributed by atoms with E-state index < -0.39 is 17.3 Å². The van der Waals surface area contributed by atoms with Crippen molar-refractivity contribution in [2.45, 2.75) is 95.7 Å². The van der Waals surface area contributed by atoms with E-state index in [1.807, 2.05) is 0 Å². The number of aliphatic hydroxyl groups excluding tert-OH is 1. The molecule has 0 radical (unpaired) electrons. The first-order valence-electron chi connectivity index (χ1n) is 12.0. The van der Waals surface area contributed by atoms with Crippen molar-refractivity contribution in [3.8, 4) is 0 Å². The lowest BCUT2D eigenvalue weighted by atomic mass is 9.41. The minimum atomic E-state index is -0.754. The average molecular weight is 433 g/mol. The van der Waals surface area contributed by atoms with Crippen molar-refractivity contribution in [3.63, 3.8) is 0 Å². The first-order valence-corrected chi connectivity index (χ1v) is 12.0. The predicted molar refractivity (Wildman–Crippen MR) is 119 cm³/mol. The van der Waals surface area contributed by atoms with Gasteiger partial charge in [0.15, 0.2) is 0 Å². The summed E-state index contributed by atoms with van der Waals surface area (Å²) in [6.45, 7) is 6.68. The van der Waals surface area contributed by atoms with E-state index in [1.165, 1.54) is 12.7 Å². The Hall–Kier alpha value is -1.24. The molecule has 3 fully saturated rings. The molecule has 0 aromatic carbocycles. The quantitative estimate of drug-likeness (QED) is 0.357. The van der Waals surface area contributed by atoms with Gasteiger partial charge in [-0.1, -0.05) is 32.4 Å². The monoisotopic (exact) mass is 432 g/mol. The smallest absolute Gasteiger partial charge is 0.374 e. The highest BCUT2D eigenvalue weighted by molar-refractivity contribution is 6.33. The van der Waals surface area contributed by atoms with Crippen LogP contribution in [-0.2, 0) is 14.3 Å². The second-order valence-electron chi connectivity index (χ2n) is 11.5. The van der Waals surface area contributed by atoms with Gasteiger partial charge in [0.2, 0.25) is 5.78 Å². The van der Waals surface area contributed by atoms with Crippen LogP contribution in [0.4, 0.5) is 0 Å². The standard InChI is InChI=1S/C25H40N2O4/c1-15(13-19(29)21(30)31-4)18-8-10-24(26)20-6-5-16-14-17(28)7-9-22(16,2)25(20,27)12-11-23(18,24)3/h5,15,17-18,20,28H,6-14,26-27H2,1-4H3/t15-,17+,18-,20?,22+,23-,24-,25-/m1/s1. The van der Waals surface area contributed by atoms with Crippen molar-refractivity contribution < 1.29 is 19.4 Å². The molecule has 6 nitrogen and oxygen atoms in total. The van der Waals surface area contributed by atoms with Crippen LogP contribution >= 0.6 is 0 Å². The zero-order valence-electron chi connectivity index (χ0n) is 19.6. The lowest BCUT2D eigenvalue weighted by Gasteiger charge is -2.67. The largest absolute Gasteiger partial charge is 0.463 e. The van der Waals surface area contributed by atoms with Crippen LogP contribution < -0.4 is 11.5 Å². The van der Waals surface area contributed by atoms with Gasteiger partial charge in [0.05, 0.1) is 13.2 Å². The van der Waals surface area contributed by atoms with Crippen LogP contribution in [-0.4, -0.2) is 41.2 Å². The molecule has 0 aliphatic heterocycles. The van der Waals surface area contributed by atoms with Crippen LogP contribution in [0.1, 0.15) is 78.6 Å². The number of hydrogen-bond acceptors (Lipinski definition) is 6. The van der Waals surface area contributed by atoms with Gasteiger partial charge in [-0.3, -0.25) is 4.79 Å². The van der Waals surface area contributed by atoms with Crippen LogP contribution in [0.5, 0.6) is 0 Å². The molecule has 0 bridgehead atoms. The molecule has 0 saturated heterocycles. The normalized spacial score (nSPS) is 47.5. The number of carbonyl (C=O) groups excluding carboxylic acids is 2. The number of allylic oxidation sites excluding steroid dienone is 1. The molecule has 0 spiro atoms. The molecule has 4 rings (SSSR count). The summed E-state index contributed by atoms with van der Waals surface area (Å²) in [5.74, 6) is -0.674. The van der Waals surface area contributed by atoms with Gasteiger partial charge in [-0.15, -0.1) is 0 Å². The maximum absolute atomic E-state index is 12.2. The fraction of sp³-hybridized carbons (Fsp3) is 0.840. The Balaban J connectivity index is 1.64. The average Bonchev–Trinajstić information content (AvgIpc) is 3.00. The van der Waals surface area contributed by atoms with Gasteiger partial charge in [-0.25, -0.2) is 4.79 Å². The highest BCUT2D eigenvalue weighted by atomic mass is 16.5. The van der Waals surface area contributed by atoms with Crippen LogP contribution in [0.15, 0.2) is 11.6 Å². The van der Waals surface area contributed by atoms with E-state index in [-0.39, 0.29) is 46.6 Å². The summed E-state index contributed by atoms with van der Waals surface area (Å²) < 4.78 is 4.63. The molecular weight excluding hydrogens is 392 g/mol. The summed E-state index contributed by atoms with van der Waals surface area (Å²) in [7, 11) is 1.25. The third-order valence-corrected chi connectivity index (χ3v) is 10.4. The number of carbonyl (C=O) groups is 2. The first kappa shape index (κ1) is 22.9. The van der Waals surface area contributed by atoms with Crippen LogP contribution in [0.2, 0.25) is 0 Å². The molecular formula is C25H40N2O4. The lowest BCUT2D eigenvalue weighted by Crippen LogP contribution is -2.75. The Labute approximate surface area is 186 Å². The number of fused-ring (bicyclic) bond motifs is 5. The molecule has 3 saturated carbocycles. The van der Waals surface area contributed by atoms with Crippen molar-refractivity contribution in [2.75, 3.05) is 7.11 Å². The van der Waals surface area contributed by atoms with Crippen LogP contribution in [0.25, 0.3) is 0 Å². The SMILES string of the molecule is COC(=O)C(=O)C[C@@H](C)[C@H]1CC[C@@]2(N)C3CC=C4C[C@@H](O)CC[C@]4(C)[C@@]3(N)CC[C@]12C. The molecule has 6 heteroatoms. The Bertz CT molecular complexity index is 811. The maximum Gasteiger partial charge on any atom is 0.374 e. The number of ether oxygens (including phenoxy) is 1. The van der Waals surface area contributed by atoms with Crippen molar-refractivity contribution in [3.05, 3.63) is 11.6 Å². The van der Waals surface area contributed by atoms with Crippen molar-refractivity contribution in [2.24, 2.45) is 40.1 Å². The van der Waals surface area contributed by atoms with Crippen LogP contribution in [0.3, 0.4) is 0 Å². The first-order chi connectivity index (χ1) is 14.4. The van der Waals surface area contributed by atoms with Crippen molar-refractivity contribution in [1.29, 1.82) is 0 Å². The van der Waals surface area contributed by atoms with Gasteiger partial charge in [0, 0.05) is 22.9 Å². The topological polar surface area (TPSA) is 116 Å². The molecule has 0 aromatic rings. The molecule has 5 N–H and O–H groups in total. The highest BCUT2D eigenvalue weighted by Crippen LogP contribution is 2.68. The Morgan fingerprint density at radius 1 is 1.16 bits per heavy atom. The van der Waals surface area contributed by atoms with E-state index in [4.69, 9.17) is 11.5 Å². The molecule has 0 amide bonds. The van der Waals surface area contributed by atoms with Gasteiger partial charge < -0.3 is 21.3 Å². The third-order valence-electron chi connectivity index (χ3n) is 10.4. The minimum absolute atomic E-state index is 0.0717. The highest BCUT2D eigenvalue weighted by Gasteiger charge is 2.70. The molecule has 174 valence electrons. The molecule has 1 unspecified atom stereocenters. The number of hydrogen-bond donors (Lipinski definition) is 3. The number of aliphatic hydroxyl groups is 1. The van der Waals surface area contributed by atoms with E-state index in [0.717, 1.165) is 51.4 Å². The summed E-state index contributed by atoms with van der Waals surface area (Å²) in [6.07, 6.45) is 9.28. The lowest BCUT2D eigenvalue weighted by molar-refractivity contribution is -0.152. The summed E-state index contributed by atoms with van der Waals surface area (Å²) in [5, 5.41) is 10.2. The van der Waals surface area contributed by atoms with E-state index in [0.29, 0.717) is 0 Å². The number of rotatable bonds is 4. The summed E-state index contributed by atoms with van der Waals surface area (Å²) >= 11 is 0. The third kappa shape index (κ3) is 3.01. The number of nitrogens with two attached hydrogens (primary N) is 2. The number of methoxy groups -OCH3 is 1. The second-order valence-corrected chi connectivity index (χ2v) is 11.5. The van der Waals surface area contributed by atoms with E-state index in [9.17, 15) is 14.7 Å². The van der Waals surface area contributed by atoms with Gasteiger partial charge in [0.1, 0.15) is 0 Å². The molecule has 31 heavy (non-hydrogen) atoms. The van der Waals surface area contributed by atoms with E-state index in [1.54, 1.807) is 0 Å². The summed E-state index contributed by atoms with van der Waals surface area (Å²) in [6, 6.07) is 0. The van der Waals surface area contributed by atoms with Crippen molar-refractivity contribution in [1.82, 2.24) is 0 Å². The molecule has 0 heterocycles. The van der Waals surface area contributed by atoms with Crippen LogP contribution in [0, 0.1) is 28.6 Å². The molecule has 4 aliphatic rings. The molecule has 8 atom stereocenters. The van der Waals surface area contributed by atoms with Crippen molar-refractivity contribution >= 4 is 11.8 Å². The predicted octanol–water partition coefficient (Wildman–Crippen LogP) is 2.86. The minimum Gasteiger partial charge on any atom is -0.463 e. The van der Waals surface area contributed by atoms with E-state index in [2.05, 4.69) is 31.6 Å². The maximum atomic E-state index is 12.2. The Kier molecular flexibility index (Phi) is 5.47. The fourth-order valence-electron chi connectivity index (χ4n) is 8.36. The zero-order valence-corrected chi connectivity index (χ0v) is 19.6. The second kappa shape index (κ2) is 7.39. The number of ketones is 1. The van der Waals surface area contributed by atoms with Gasteiger partial charge >= 0.3 is 5.97 Å². The van der Waals surface area contributed by atoms with E-state index >= 15 is 0 Å². The number of Topliss-reactive ketones (excluding diaryl/α,β-unsaturated/α-hetero) is 1. The van der Waals surface area contributed by atoms with Gasteiger partial charge in [-0.2, -0.15) is 0 Å².